The number of H-pyrrole nitrogens is 1. The Morgan fingerprint density at radius 1 is 1.29 bits per heavy atom. The van der Waals surface area contributed by atoms with E-state index in [4.69, 9.17) is 0 Å². The van der Waals surface area contributed by atoms with Crippen molar-refractivity contribution in [3.8, 4) is 0 Å². The van der Waals surface area contributed by atoms with E-state index >= 15 is 0 Å². The number of hydrogen-bond acceptors (Lipinski definition) is 1. The lowest BCUT2D eigenvalue weighted by molar-refractivity contribution is 0.580. The van der Waals surface area contributed by atoms with Gasteiger partial charge >= 0.3 is 0 Å². The average Bonchev–Trinajstić information content (AvgIpc) is 2.88. The van der Waals surface area contributed by atoms with Gasteiger partial charge in [-0.25, -0.2) is 0 Å². The highest BCUT2D eigenvalue weighted by atomic mass is 14.9. The fourth-order valence-electron chi connectivity index (χ4n) is 2.94. The molecular weight excluding hydrogens is 208 g/mol. The summed E-state index contributed by atoms with van der Waals surface area (Å²) in [6, 6.07) is 6.73. The van der Waals surface area contributed by atoms with Gasteiger partial charge in [0.2, 0.25) is 0 Å². The lowest BCUT2D eigenvalue weighted by atomic mass is 9.96. The van der Waals surface area contributed by atoms with Crippen LogP contribution in [0.5, 0.6) is 0 Å². The molecule has 0 aliphatic carbocycles. The number of aryl methyl sites for hydroxylation is 2. The van der Waals surface area contributed by atoms with E-state index in [1.165, 1.54) is 53.7 Å². The van der Waals surface area contributed by atoms with Gasteiger partial charge in [-0.15, -0.1) is 0 Å². The van der Waals surface area contributed by atoms with Gasteiger partial charge in [0.25, 0.3) is 0 Å². The first-order valence-corrected chi connectivity index (χ1v) is 6.52. The Kier molecular flexibility index (Phi) is 2.67. The molecule has 1 aromatic heterocycles. The number of aromatic nitrogens is 1. The lowest BCUT2D eigenvalue weighted by Gasteiger charge is -2.08. The number of aromatic amines is 1. The van der Waals surface area contributed by atoms with Gasteiger partial charge in [0, 0.05) is 16.6 Å². The van der Waals surface area contributed by atoms with Crippen molar-refractivity contribution in [3.05, 3.63) is 35.0 Å². The molecule has 1 saturated heterocycles. The highest BCUT2D eigenvalue weighted by Gasteiger charge is 2.18. The van der Waals surface area contributed by atoms with Crippen LogP contribution in [0, 0.1) is 19.8 Å². The fourth-order valence-corrected chi connectivity index (χ4v) is 2.94. The van der Waals surface area contributed by atoms with Crippen LogP contribution in [0.15, 0.2) is 18.2 Å². The molecule has 2 N–H and O–H groups in total. The van der Waals surface area contributed by atoms with Gasteiger partial charge in [0.1, 0.15) is 0 Å². The Labute approximate surface area is 102 Å². The second-order valence-electron chi connectivity index (χ2n) is 5.34. The second-order valence-corrected chi connectivity index (χ2v) is 5.34. The summed E-state index contributed by atoms with van der Waals surface area (Å²) in [6.45, 7) is 6.71. The minimum absolute atomic E-state index is 0.814. The normalized spacial score (nSPS) is 20.2. The van der Waals surface area contributed by atoms with Crippen LogP contribution in [0.1, 0.15) is 23.2 Å². The minimum Gasteiger partial charge on any atom is -0.358 e. The van der Waals surface area contributed by atoms with Crippen molar-refractivity contribution in [3.63, 3.8) is 0 Å². The van der Waals surface area contributed by atoms with E-state index in [1.807, 2.05) is 0 Å². The first-order valence-electron chi connectivity index (χ1n) is 6.52. The summed E-state index contributed by atoms with van der Waals surface area (Å²) >= 11 is 0. The molecule has 1 aliphatic rings. The molecule has 1 aromatic carbocycles. The maximum Gasteiger partial charge on any atom is 0.0461 e. The van der Waals surface area contributed by atoms with E-state index in [2.05, 4.69) is 42.3 Å². The monoisotopic (exact) mass is 228 g/mol. The molecule has 1 unspecified atom stereocenters. The summed E-state index contributed by atoms with van der Waals surface area (Å²) < 4.78 is 0. The maximum absolute atomic E-state index is 3.52. The summed E-state index contributed by atoms with van der Waals surface area (Å²) in [5.74, 6) is 0.814. The molecule has 1 fully saturated rings. The third kappa shape index (κ3) is 1.98. The van der Waals surface area contributed by atoms with Crippen LogP contribution < -0.4 is 5.32 Å². The first-order chi connectivity index (χ1) is 8.24. The molecule has 2 nitrogen and oxygen atoms in total. The first kappa shape index (κ1) is 10.8. The van der Waals surface area contributed by atoms with E-state index in [1.54, 1.807) is 0 Å². The maximum atomic E-state index is 3.52. The van der Waals surface area contributed by atoms with Gasteiger partial charge in [0.15, 0.2) is 0 Å². The van der Waals surface area contributed by atoms with E-state index < -0.39 is 0 Å². The van der Waals surface area contributed by atoms with Crippen LogP contribution in [0.3, 0.4) is 0 Å². The largest absolute Gasteiger partial charge is 0.358 e. The molecule has 2 aromatic rings. The van der Waals surface area contributed by atoms with Crippen molar-refractivity contribution < 1.29 is 0 Å². The number of rotatable bonds is 2. The smallest absolute Gasteiger partial charge is 0.0461 e. The van der Waals surface area contributed by atoms with Crippen LogP contribution in [-0.4, -0.2) is 18.1 Å². The van der Waals surface area contributed by atoms with E-state index in [-0.39, 0.29) is 0 Å². The van der Waals surface area contributed by atoms with E-state index in [9.17, 15) is 0 Å². The van der Waals surface area contributed by atoms with Crippen molar-refractivity contribution in [2.45, 2.75) is 26.7 Å². The third-order valence-electron chi connectivity index (χ3n) is 3.93. The molecule has 0 amide bonds. The Morgan fingerprint density at radius 3 is 2.94 bits per heavy atom. The van der Waals surface area contributed by atoms with Crippen molar-refractivity contribution in [2.75, 3.05) is 13.1 Å². The van der Waals surface area contributed by atoms with Crippen molar-refractivity contribution in [1.29, 1.82) is 0 Å². The second kappa shape index (κ2) is 4.19. The van der Waals surface area contributed by atoms with Gasteiger partial charge in [0.05, 0.1) is 0 Å². The Bertz CT molecular complexity index is 533. The zero-order valence-electron chi connectivity index (χ0n) is 10.6. The molecule has 1 atom stereocenters. The van der Waals surface area contributed by atoms with Crippen LogP contribution in [0.25, 0.3) is 10.9 Å². The Morgan fingerprint density at radius 2 is 2.18 bits per heavy atom. The Hall–Kier alpha value is -1.28. The molecule has 1 aliphatic heterocycles. The van der Waals surface area contributed by atoms with E-state index in [0.29, 0.717) is 0 Å². The molecule has 0 radical (unpaired) electrons. The molecule has 0 spiro atoms. The van der Waals surface area contributed by atoms with Gasteiger partial charge in [-0.2, -0.15) is 0 Å². The predicted molar refractivity (Wildman–Crippen MR) is 72.5 cm³/mol. The van der Waals surface area contributed by atoms with Gasteiger partial charge in [-0.1, -0.05) is 12.1 Å². The van der Waals surface area contributed by atoms with E-state index in [0.717, 1.165) is 5.92 Å². The topological polar surface area (TPSA) is 27.8 Å². The highest BCUT2D eigenvalue weighted by Crippen LogP contribution is 2.27. The molecule has 0 saturated carbocycles. The summed E-state index contributed by atoms with van der Waals surface area (Å²) in [6.07, 6.45) is 2.53. The molecule has 17 heavy (non-hydrogen) atoms. The van der Waals surface area contributed by atoms with Crippen LogP contribution in [-0.2, 0) is 6.42 Å². The Balaban J connectivity index is 1.99. The van der Waals surface area contributed by atoms with Crippen molar-refractivity contribution in [2.24, 2.45) is 5.92 Å². The average molecular weight is 228 g/mol. The van der Waals surface area contributed by atoms with Crippen molar-refractivity contribution >= 4 is 10.9 Å². The van der Waals surface area contributed by atoms with Gasteiger partial charge in [-0.3, -0.25) is 0 Å². The summed E-state index contributed by atoms with van der Waals surface area (Å²) in [5, 5.41) is 4.87. The molecule has 2 heterocycles. The summed E-state index contributed by atoms with van der Waals surface area (Å²) in [4.78, 5) is 3.52. The summed E-state index contributed by atoms with van der Waals surface area (Å²) in [5.41, 5.74) is 5.49. The zero-order valence-corrected chi connectivity index (χ0v) is 10.6. The van der Waals surface area contributed by atoms with Crippen LogP contribution in [0.4, 0.5) is 0 Å². The standard InChI is InChI=1S/C15H20N2/c1-10-3-4-13-14(8-12-5-6-16-9-12)11(2)17-15(13)7-10/h3-4,7,12,16-17H,5-6,8-9H2,1-2H3. The quantitative estimate of drug-likeness (QED) is 0.812. The number of hydrogen-bond donors (Lipinski definition) is 2. The fraction of sp³-hybridized carbons (Fsp3) is 0.467. The molecule has 90 valence electrons. The third-order valence-corrected chi connectivity index (χ3v) is 3.93. The molecule has 3 rings (SSSR count). The van der Waals surface area contributed by atoms with Crippen LogP contribution >= 0.6 is 0 Å². The van der Waals surface area contributed by atoms with Crippen molar-refractivity contribution in [1.82, 2.24) is 10.3 Å². The number of benzene rings is 1. The van der Waals surface area contributed by atoms with Gasteiger partial charge in [-0.05, 0) is 62.9 Å². The predicted octanol–water partition coefficient (Wildman–Crippen LogP) is 2.94. The minimum atomic E-state index is 0.814. The van der Waals surface area contributed by atoms with Crippen LogP contribution in [0.2, 0.25) is 0 Å². The zero-order chi connectivity index (χ0) is 11.8. The molecule has 2 heteroatoms. The SMILES string of the molecule is Cc1ccc2c(CC3CCNC3)c(C)[nH]c2c1. The summed E-state index contributed by atoms with van der Waals surface area (Å²) in [7, 11) is 0. The highest BCUT2D eigenvalue weighted by molar-refractivity contribution is 5.85. The number of fused-ring (bicyclic) bond motifs is 1. The number of nitrogens with one attached hydrogen (secondary N) is 2. The molecule has 0 bridgehead atoms. The molecular formula is C15H20N2. The van der Waals surface area contributed by atoms with Gasteiger partial charge < -0.3 is 10.3 Å². The lowest BCUT2D eigenvalue weighted by Crippen LogP contribution is -2.11.